The van der Waals surface area contributed by atoms with Crippen LogP contribution in [0.1, 0.15) is 18.1 Å². The molecule has 6 heteroatoms. The van der Waals surface area contributed by atoms with Gasteiger partial charge in [-0.15, -0.1) is 0 Å². The Labute approximate surface area is 156 Å². The molecule has 3 rings (SSSR count). The molecule has 27 heavy (non-hydrogen) atoms. The van der Waals surface area contributed by atoms with Crippen molar-refractivity contribution >= 4 is 16.9 Å². The predicted molar refractivity (Wildman–Crippen MR) is 103 cm³/mol. The first kappa shape index (κ1) is 18.5. The minimum atomic E-state index is -0.970. The largest absolute Gasteiger partial charge is 0.497 e. The quantitative estimate of drug-likeness (QED) is 0.694. The fraction of sp³-hybridized carbons (Fsp3) is 0.238. The van der Waals surface area contributed by atoms with E-state index in [-0.39, 0.29) is 12.0 Å². The van der Waals surface area contributed by atoms with Crippen LogP contribution in [0.5, 0.6) is 11.5 Å². The molecule has 0 amide bonds. The highest BCUT2D eigenvalue weighted by Crippen LogP contribution is 2.21. The van der Waals surface area contributed by atoms with Gasteiger partial charge in [0.15, 0.2) is 5.43 Å². The van der Waals surface area contributed by atoms with Gasteiger partial charge in [0, 0.05) is 23.6 Å². The molecule has 0 saturated heterocycles. The molecule has 0 fully saturated rings. The highest BCUT2D eigenvalue weighted by atomic mass is 16.5. The Morgan fingerprint density at radius 2 is 1.81 bits per heavy atom. The molecule has 0 unspecified atom stereocenters. The topological polar surface area (TPSA) is 77.8 Å². The molecule has 1 N–H and O–H groups in total. The second-order valence-electron chi connectivity index (χ2n) is 6.14. The van der Waals surface area contributed by atoms with Crippen molar-refractivity contribution in [2.75, 3.05) is 13.7 Å². The third-order valence-electron chi connectivity index (χ3n) is 4.30. The summed E-state index contributed by atoms with van der Waals surface area (Å²) in [5.74, 6) is 0.357. The Morgan fingerprint density at radius 3 is 2.44 bits per heavy atom. The molecule has 0 atom stereocenters. The van der Waals surface area contributed by atoms with Crippen molar-refractivity contribution in [3.8, 4) is 11.5 Å². The summed E-state index contributed by atoms with van der Waals surface area (Å²) in [5.41, 5.74) is 1.92. The molecule has 6 nitrogen and oxygen atoms in total. The highest BCUT2D eigenvalue weighted by Gasteiger charge is 2.13. The van der Waals surface area contributed by atoms with Gasteiger partial charge < -0.3 is 19.1 Å². The van der Waals surface area contributed by atoms with E-state index in [0.29, 0.717) is 35.2 Å². The Balaban J connectivity index is 2.06. The first-order valence-electron chi connectivity index (χ1n) is 8.65. The number of aromatic nitrogens is 1. The van der Waals surface area contributed by atoms with Gasteiger partial charge in [-0.1, -0.05) is 12.1 Å². The highest BCUT2D eigenvalue weighted by molar-refractivity contribution is 5.82. The van der Waals surface area contributed by atoms with Crippen molar-refractivity contribution in [3.63, 3.8) is 0 Å². The summed E-state index contributed by atoms with van der Waals surface area (Å²) in [5, 5.41) is 9.66. The lowest BCUT2D eigenvalue weighted by Gasteiger charge is -2.13. The minimum Gasteiger partial charge on any atom is -0.497 e. The molecule has 1 aromatic heterocycles. The number of aliphatic carboxylic acids is 1. The van der Waals surface area contributed by atoms with Gasteiger partial charge in [0.05, 0.1) is 19.2 Å². The first-order valence-corrected chi connectivity index (χ1v) is 8.65. The Hall–Kier alpha value is -3.28. The van der Waals surface area contributed by atoms with Crippen molar-refractivity contribution in [1.82, 2.24) is 4.57 Å². The van der Waals surface area contributed by atoms with Crippen LogP contribution in [0.4, 0.5) is 0 Å². The zero-order valence-corrected chi connectivity index (χ0v) is 15.3. The van der Waals surface area contributed by atoms with Gasteiger partial charge in [-0.3, -0.25) is 9.59 Å². The van der Waals surface area contributed by atoms with Crippen molar-refractivity contribution < 1.29 is 19.4 Å². The molecule has 0 saturated carbocycles. The Kier molecular flexibility index (Phi) is 5.45. The number of nitrogens with zero attached hydrogens (tertiary/aromatic N) is 1. The molecular weight excluding hydrogens is 346 g/mol. The van der Waals surface area contributed by atoms with Crippen molar-refractivity contribution in [2.24, 2.45) is 0 Å². The molecule has 2 aromatic carbocycles. The summed E-state index contributed by atoms with van der Waals surface area (Å²) in [6, 6.07) is 12.6. The van der Waals surface area contributed by atoms with E-state index in [1.807, 2.05) is 31.2 Å². The zero-order valence-electron chi connectivity index (χ0n) is 15.3. The second-order valence-corrected chi connectivity index (χ2v) is 6.14. The van der Waals surface area contributed by atoms with Crippen LogP contribution in [-0.2, 0) is 17.8 Å². The van der Waals surface area contributed by atoms with Crippen LogP contribution in [0, 0.1) is 0 Å². The van der Waals surface area contributed by atoms with E-state index < -0.39 is 5.97 Å². The summed E-state index contributed by atoms with van der Waals surface area (Å²) >= 11 is 0. The van der Waals surface area contributed by atoms with E-state index in [2.05, 4.69) is 0 Å². The van der Waals surface area contributed by atoms with Crippen molar-refractivity contribution in [1.29, 1.82) is 0 Å². The molecule has 140 valence electrons. The molecule has 0 aliphatic carbocycles. The molecule has 0 aliphatic rings. The van der Waals surface area contributed by atoms with Crippen LogP contribution in [0.3, 0.4) is 0 Å². The third kappa shape index (κ3) is 4.11. The molecule has 0 radical (unpaired) electrons. The van der Waals surface area contributed by atoms with E-state index in [0.717, 1.165) is 11.3 Å². The second kappa shape index (κ2) is 7.95. The molecule has 3 aromatic rings. The smallest absolute Gasteiger partial charge is 0.323 e. The van der Waals surface area contributed by atoms with Gasteiger partial charge in [0.1, 0.15) is 18.0 Å². The monoisotopic (exact) mass is 367 g/mol. The van der Waals surface area contributed by atoms with Gasteiger partial charge >= 0.3 is 5.97 Å². The average Bonchev–Trinajstić information content (AvgIpc) is 2.66. The predicted octanol–water partition coefficient (Wildman–Crippen LogP) is 3.08. The maximum absolute atomic E-state index is 13.0. The number of pyridine rings is 1. The summed E-state index contributed by atoms with van der Waals surface area (Å²) in [6.07, 6.45) is 2.03. The van der Waals surface area contributed by atoms with Gasteiger partial charge in [0.2, 0.25) is 0 Å². The number of fused-ring (bicyclic) bond motifs is 1. The van der Waals surface area contributed by atoms with Crippen LogP contribution in [0.25, 0.3) is 10.9 Å². The van der Waals surface area contributed by atoms with Crippen LogP contribution in [0.2, 0.25) is 0 Å². The first-order chi connectivity index (χ1) is 13.0. The van der Waals surface area contributed by atoms with Crippen LogP contribution < -0.4 is 14.9 Å². The third-order valence-corrected chi connectivity index (χ3v) is 4.30. The normalized spacial score (nSPS) is 10.7. The zero-order chi connectivity index (χ0) is 19.4. The van der Waals surface area contributed by atoms with Gasteiger partial charge in [-0.2, -0.15) is 0 Å². The standard InChI is InChI=1S/C21H21NO5/c1-3-27-16-6-4-14(5-7-16)10-15-12-22(13-20(23)24)19-9-8-17(26-2)11-18(19)21(15)25/h4-9,11-12H,3,10,13H2,1-2H3,(H,23,24). The number of carboxylic acid groups (broad SMARTS) is 1. The number of hydrogen-bond acceptors (Lipinski definition) is 4. The lowest BCUT2D eigenvalue weighted by Crippen LogP contribution is -2.18. The fourth-order valence-electron chi connectivity index (χ4n) is 3.06. The van der Waals surface area contributed by atoms with E-state index in [1.54, 1.807) is 29.0 Å². The fourth-order valence-corrected chi connectivity index (χ4v) is 3.06. The van der Waals surface area contributed by atoms with Crippen molar-refractivity contribution in [3.05, 3.63) is 70.0 Å². The van der Waals surface area contributed by atoms with Crippen LogP contribution >= 0.6 is 0 Å². The van der Waals surface area contributed by atoms with Crippen molar-refractivity contribution in [2.45, 2.75) is 19.9 Å². The van der Waals surface area contributed by atoms with Gasteiger partial charge in [-0.05, 0) is 42.8 Å². The maximum Gasteiger partial charge on any atom is 0.323 e. The summed E-state index contributed by atoms with van der Waals surface area (Å²) in [4.78, 5) is 24.2. The molecule has 0 bridgehead atoms. The number of rotatable bonds is 7. The lowest BCUT2D eigenvalue weighted by atomic mass is 10.0. The van der Waals surface area contributed by atoms with Crippen LogP contribution in [0.15, 0.2) is 53.5 Å². The molecule has 1 heterocycles. The summed E-state index contributed by atoms with van der Waals surface area (Å²) < 4.78 is 12.2. The summed E-state index contributed by atoms with van der Waals surface area (Å²) in [7, 11) is 1.53. The summed E-state index contributed by atoms with van der Waals surface area (Å²) in [6.45, 7) is 2.29. The van der Waals surface area contributed by atoms with E-state index in [1.165, 1.54) is 7.11 Å². The molecule has 0 spiro atoms. The molecule has 0 aliphatic heterocycles. The van der Waals surface area contributed by atoms with E-state index in [4.69, 9.17) is 9.47 Å². The minimum absolute atomic E-state index is 0.126. The number of carboxylic acids is 1. The maximum atomic E-state index is 13.0. The Bertz CT molecular complexity index is 1020. The number of benzene rings is 2. The Morgan fingerprint density at radius 1 is 1.11 bits per heavy atom. The number of hydrogen-bond donors (Lipinski definition) is 1. The number of ether oxygens (including phenoxy) is 2. The van der Waals surface area contributed by atoms with Gasteiger partial charge in [0.25, 0.3) is 0 Å². The van der Waals surface area contributed by atoms with E-state index >= 15 is 0 Å². The van der Waals surface area contributed by atoms with Gasteiger partial charge in [-0.25, -0.2) is 0 Å². The van der Waals surface area contributed by atoms with Crippen LogP contribution in [-0.4, -0.2) is 29.4 Å². The van der Waals surface area contributed by atoms with E-state index in [9.17, 15) is 14.7 Å². The molecular formula is C21H21NO5. The lowest BCUT2D eigenvalue weighted by molar-refractivity contribution is -0.137. The average molecular weight is 367 g/mol. The number of methoxy groups -OCH3 is 1. The SMILES string of the molecule is CCOc1ccc(Cc2cn(CC(=O)O)c3ccc(OC)cc3c2=O)cc1. The number of carbonyl (C=O) groups is 1.